The normalized spacial score (nSPS) is 9.50. The molecule has 0 radical (unpaired) electrons. The molecule has 0 saturated heterocycles. The minimum Gasteiger partial charge on any atom is -0.486 e. The van der Waals surface area contributed by atoms with E-state index >= 15 is 0 Å². The van der Waals surface area contributed by atoms with Gasteiger partial charge >= 0.3 is 0 Å². The monoisotopic (exact) mass is 181 g/mol. The lowest BCUT2D eigenvalue weighted by molar-refractivity contribution is 0.416. The first kappa shape index (κ1) is 9.00. The van der Waals surface area contributed by atoms with Crippen LogP contribution < -0.4 is 5.73 Å². The van der Waals surface area contributed by atoms with Gasteiger partial charge in [0.05, 0.1) is 12.7 Å². The maximum absolute atomic E-state index is 5.70. The second-order valence-electron chi connectivity index (χ2n) is 2.58. The molecule has 64 valence electrons. The number of anilines is 1. The van der Waals surface area contributed by atoms with Crippen LogP contribution in [0.15, 0.2) is 18.2 Å². The highest BCUT2D eigenvalue weighted by atomic mass is 32.1. The lowest BCUT2D eigenvalue weighted by Gasteiger charge is -2.06. The van der Waals surface area contributed by atoms with Crippen molar-refractivity contribution in [3.63, 3.8) is 0 Å². The quantitative estimate of drug-likeness (QED) is 0.531. The molecule has 0 aliphatic heterocycles. The Balaban J connectivity index is 3.13. The Labute approximate surface area is 77.3 Å². The maximum Gasteiger partial charge on any atom is 0.192 e. The van der Waals surface area contributed by atoms with Crippen molar-refractivity contribution in [3.05, 3.63) is 29.3 Å². The van der Waals surface area contributed by atoms with Crippen molar-refractivity contribution in [2.75, 3.05) is 12.8 Å². The molecular weight excluding hydrogens is 170 g/mol. The number of rotatable bonds is 1. The third kappa shape index (κ3) is 1.74. The number of nitrogens with two attached hydrogens (primary N) is 1. The van der Waals surface area contributed by atoms with E-state index in [1.54, 1.807) is 7.11 Å². The second-order valence-corrected chi connectivity index (χ2v) is 2.95. The summed E-state index contributed by atoms with van der Waals surface area (Å²) in [5, 5.41) is 0.441. The van der Waals surface area contributed by atoms with Crippen LogP contribution in [0.4, 0.5) is 5.69 Å². The highest BCUT2D eigenvalue weighted by Crippen LogP contribution is 2.14. The Bertz CT molecular complexity index is 309. The zero-order chi connectivity index (χ0) is 9.14. The van der Waals surface area contributed by atoms with Crippen LogP contribution in [0.1, 0.15) is 11.1 Å². The van der Waals surface area contributed by atoms with Crippen LogP contribution in [-0.2, 0) is 4.74 Å². The van der Waals surface area contributed by atoms with Gasteiger partial charge in [-0.05, 0) is 31.3 Å². The van der Waals surface area contributed by atoms with Gasteiger partial charge in [0, 0.05) is 5.69 Å². The first-order valence-electron chi connectivity index (χ1n) is 3.59. The van der Waals surface area contributed by atoms with Crippen molar-refractivity contribution < 1.29 is 4.74 Å². The number of thiocarbonyl (C=S) groups is 1. The van der Waals surface area contributed by atoms with E-state index < -0.39 is 0 Å². The number of nitrogen functional groups attached to an aromatic ring is 1. The minimum absolute atomic E-state index is 0.441. The molecule has 0 heterocycles. The standard InChI is InChI=1S/C9H11NOS/c1-6-3-4-8(10)7(5-6)9(12)11-2/h3-5H,10H2,1-2H3. The molecule has 0 aromatic heterocycles. The van der Waals surface area contributed by atoms with E-state index in [2.05, 4.69) is 0 Å². The second kappa shape index (κ2) is 3.54. The summed E-state index contributed by atoms with van der Waals surface area (Å²) in [6.07, 6.45) is 0. The van der Waals surface area contributed by atoms with Crippen molar-refractivity contribution in [2.45, 2.75) is 6.92 Å². The number of hydrogen-bond acceptors (Lipinski definition) is 3. The molecule has 1 aromatic rings. The van der Waals surface area contributed by atoms with E-state index in [1.165, 1.54) is 0 Å². The zero-order valence-electron chi connectivity index (χ0n) is 7.13. The van der Waals surface area contributed by atoms with E-state index in [9.17, 15) is 0 Å². The molecule has 0 fully saturated rings. The lowest BCUT2D eigenvalue weighted by atomic mass is 10.1. The van der Waals surface area contributed by atoms with Gasteiger partial charge in [0.2, 0.25) is 0 Å². The predicted molar refractivity (Wildman–Crippen MR) is 54.3 cm³/mol. The third-order valence-corrected chi connectivity index (χ3v) is 2.00. The van der Waals surface area contributed by atoms with Crippen molar-refractivity contribution in [1.82, 2.24) is 0 Å². The molecule has 0 bridgehead atoms. The van der Waals surface area contributed by atoms with Gasteiger partial charge in [-0.15, -0.1) is 0 Å². The molecule has 0 saturated carbocycles. The molecule has 0 amide bonds. The Kier molecular flexibility index (Phi) is 2.65. The highest BCUT2D eigenvalue weighted by molar-refractivity contribution is 7.80. The van der Waals surface area contributed by atoms with Gasteiger partial charge in [0.1, 0.15) is 0 Å². The molecule has 0 atom stereocenters. The Morgan fingerprint density at radius 1 is 1.50 bits per heavy atom. The maximum atomic E-state index is 5.70. The molecule has 0 aliphatic carbocycles. The Morgan fingerprint density at radius 2 is 2.17 bits per heavy atom. The van der Waals surface area contributed by atoms with Crippen LogP contribution in [-0.4, -0.2) is 12.2 Å². The van der Waals surface area contributed by atoms with Crippen LogP contribution in [0.3, 0.4) is 0 Å². The first-order chi connectivity index (χ1) is 5.65. The van der Waals surface area contributed by atoms with Crippen LogP contribution in [0.25, 0.3) is 0 Å². The summed E-state index contributed by atoms with van der Waals surface area (Å²) in [5.41, 5.74) is 8.28. The molecule has 0 unspecified atom stereocenters. The minimum atomic E-state index is 0.441. The van der Waals surface area contributed by atoms with Gasteiger partial charge in [0.15, 0.2) is 5.05 Å². The van der Waals surface area contributed by atoms with E-state index in [0.29, 0.717) is 10.7 Å². The van der Waals surface area contributed by atoms with Gasteiger partial charge in [-0.25, -0.2) is 0 Å². The van der Waals surface area contributed by atoms with E-state index in [1.807, 2.05) is 25.1 Å². The van der Waals surface area contributed by atoms with Crippen LogP contribution >= 0.6 is 12.2 Å². The number of hydrogen-bond donors (Lipinski definition) is 1. The van der Waals surface area contributed by atoms with Gasteiger partial charge in [-0.2, -0.15) is 0 Å². The van der Waals surface area contributed by atoms with Crippen LogP contribution in [0.5, 0.6) is 0 Å². The van der Waals surface area contributed by atoms with Crippen molar-refractivity contribution in [3.8, 4) is 0 Å². The topological polar surface area (TPSA) is 35.2 Å². The summed E-state index contributed by atoms with van der Waals surface area (Å²) >= 11 is 4.97. The Morgan fingerprint density at radius 3 is 2.75 bits per heavy atom. The van der Waals surface area contributed by atoms with Crippen LogP contribution in [0, 0.1) is 6.92 Å². The van der Waals surface area contributed by atoms with Crippen molar-refractivity contribution in [1.29, 1.82) is 0 Å². The first-order valence-corrected chi connectivity index (χ1v) is 4.00. The zero-order valence-corrected chi connectivity index (χ0v) is 7.94. The van der Waals surface area contributed by atoms with Gasteiger partial charge in [-0.1, -0.05) is 11.6 Å². The number of ether oxygens (including phenoxy) is 1. The average Bonchev–Trinajstić information content (AvgIpc) is 2.08. The van der Waals surface area contributed by atoms with Crippen molar-refractivity contribution in [2.24, 2.45) is 0 Å². The van der Waals surface area contributed by atoms with E-state index in [0.717, 1.165) is 11.1 Å². The molecule has 3 heteroatoms. The van der Waals surface area contributed by atoms with Crippen LogP contribution in [0.2, 0.25) is 0 Å². The number of methoxy groups -OCH3 is 1. The summed E-state index contributed by atoms with van der Waals surface area (Å²) in [6.45, 7) is 1.99. The molecule has 0 spiro atoms. The largest absolute Gasteiger partial charge is 0.486 e. The molecule has 0 aliphatic rings. The molecule has 1 aromatic carbocycles. The fourth-order valence-corrected chi connectivity index (χ4v) is 1.13. The van der Waals surface area contributed by atoms with E-state index in [4.69, 9.17) is 22.7 Å². The van der Waals surface area contributed by atoms with E-state index in [-0.39, 0.29) is 0 Å². The van der Waals surface area contributed by atoms with Crippen molar-refractivity contribution >= 4 is 23.0 Å². The fraction of sp³-hybridized carbons (Fsp3) is 0.222. The smallest absolute Gasteiger partial charge is 0.192 e. The molecule has 2 nitrogen and oxygen atoms in total. The highest BCUT2D eigenvalue weighted by Gasteiger charge is 2.04. The molecule has 12 heavy (non-hydrogen) atoms. The molecule has 2 N–H and O–H groups in total. The molecule has 1 rings (SSSR count). The molecular formula is C9H11NOS. The fourth-order valence-electron chi connectivity index (χ4n) is 0.957. The summed E-state index contributed by atoms with van der Waals surface area (Å²) in [7, 11) is 1.55. The average molecular weight is 181 g/mol. The third-order valence-electron chi connectivity index (χ3n) is 1.61. The van der Waals surface area contributed by atoms with Gasteiger partial charge < -0.3 is 10.5 Å². The predicted octanol–water partition coefficient (Wildman–Crippen LogP) is 1.90. The summed E-state index contributed by atoms with van der Waals surface area (Å²) < 4.78 is 4.92. The lowest BCUT2D eigenvalue weighted by Crippen LogP contribution is -2.04. The number of aryl methyl sites for hydroxylation is 1. The Hall–Kier alpha value is -1.09. The van der Waals surface area contributed by atoms with Gasteiger partial charge in [-0.3, -0.25) is 0 Å². The summed E-state index contributed by atoms with van der Waals surface area (Å²) in [6, 6.07) is 5.69. The SMILES string of the molecule is COC(=S)c1cc(C)ccc1N. The summed E-state index contributed by atoms with van der Waals surface area (Å²) in [5.74, 6) is 0. The number of benzene rings is 1. The van der Waals surface area contributed by atoms with Gasteiger partial charge in [0.25, 0.3) is 0 Å². The summed E-state index contributed by atoms with van der Waals surface area (Å²) in [4.78, 5) is 0.